The molecule has 0 radical (unpaired) electrons. The van der Waals surface area contributed by atoms with Crippen LogP contribution in [-0.4, -0.2) is 28.4 Å². The fraction of sp³-hybridized carbons (Fsp3) is 0.789. The van der Waals surface area contributed by atoms with E-state index in [-0.39, 0.29) is 29.8 Å². The molecule has 0 aromatic heterocycles. The lowest BCUT2D eigenvalue weighted by Crippen LogP contribution is -2.67. The molecule has 0 saturated heterocycles. The Kier molecular flexibility index (Phi) is 3.05. The zero-order valence-electron chi connectivity index (χ0n) is 13.9. The van der Waals surface area contributed by atoms with E-state index in [1.165, 1.54) is 0 Å². The highest BCUT2D eigenvalue weighted by Gasteiger charge is 2.70. The first-order chi connectivity index (χ1) is 10.7. The summed E-state index contributed by atoms with van der Waals surface area (Å²) in [6.07, 6.45) is 4.15. The molecule has 0 amide bonds. The quantitative estimate of drug-likeness (QED) is 0.746. The topological polar surface area (TPSA) is 54.4 Å². The van der Waals surface area contributed by atoms with Crippen LogP contribution in [-0.2, 0) is 9.59 Å². The van der Waals surface area contributed by atoms with Crippen molar-refractivity contribution in [2.75, 3.05) is 0 Å². The van der Waals surface area contributed by atoms with Gasteiger partial charge in [0.15, 0.2) is 5.78 Å². The van der Waals surface area contributed by atoms with Crippen LogP contribution in [0.5, 0.6) is 0 Å². The fourth-order valence-corrected chi connectivity index (χ4v) is 6.34. The molecule has 0 unspecified atom stereocenters. The van der Waals surface area contributed by atoms with Crippen LogP contribution in [0.3, 0.4) is 0 Å². The lowest BCUT2D eigenvalue weighted by atomic mass is 9.45. The Labute approximate surface area is 136 Å². The highest BCUT2D eigenvalue weighted by atomic mass is 19.1. The zero-order valence-corrected chi connectivity index (χ0v) is 13.9. The maximum Gasteiger partial charge on any atom is 0.155 e. The van der Waals surface area contributed by atoms with E-state index in [4.69, 9.17) is 0 Å². The number of alkyl halides is 1. The average Bonchev–Trinajstić information content (AvgIpc) is 2.77. The van der Waals surface area contributed by atoms with Crippen molar-refractivity contribution in [2.45, 2.75) is 70.6 Å². The predicted octanol–water partition coefficient (Wildman–Crippen LogP) is 3.15. The molecule has 23 heavy (non-hydrogen) atoms. The molecule has 0 bridgehead atoms. The first kappa shape index (κ1) is 15.5. The molecule has 0 heterocycles. The van der Waals surface area contributed by atoms with E-state index >= 15 is 4.39 Å². The van der Waals surface area contributed by atoms with Gasteiger partial charge in [0.25, 0.3) is 0 Å². The minimum Gasteiger partial charge on any atom is -0.390 e. The fourth-order valence-electron chi connectivity index (χ4n) is 6.34. The number of hydrogen-bond acceptors (Lipinski definition) is 3. The SMILES string of the molecule is C[C@]12CCC(=O)C=C1CC[C@@H]1[C@H]3CCC(=O)[C@@]3(C)C[C@H](O)[C@]12F. The Morgan fingerprint density at radius 3 is 2.57 bits per heavy atom. The van der Waals surface area contributed by atoms with Crippen LogP contribution in [0, 0.1) is 22.7 Å². The highest BCUT2D eigenvalue weighted by Crippen LogP contribution is 2.67. The first-order valence-corrected chi connectivity index (χ1v) is 8.87. The maximum absolute atomic E-state index is 16.5. The van der Waals surface area contributed by atoms with E-state index in [1.807, 2.05) is 13.8 Å². The average molecular weight is 320 g/mol. The van der Waals surface area contributed by atoms with E-state index < -0.39 is 22.6 Å². The van der Waals surface area contributed by atoms with E-state index in [2.05, 4.69) is 0 Å². The van der Waals surface area contributed by atoms with Crippen molar-refractivity contribution in [3.05, 3.63) is 11.6 Å². The number of carbonyl (C=O) groups excluding carboxylic acids is 2. The minimum atomic E-state index is -1.72. The number of ketones is 2. The van der Waals surface area contributed by atoms with Gasteiger partial charge in [0.2, 0.25) is 0 Å². The van der Waals surface area contributed by atoms with Crippen LogP contribution in [0.15, 0.2) is 11.6 Å². The van der Waals surface area contributed by atoms with Gasteiger partial charge in [-0.05, 0) is 44.1 Å². The summed E-state index contributed by atoms with van der Waals surface area (Å²) in [4.78, 5) is 24.1. The predicted molar refractivity (Wildman–Crippen MR) is 83.5 cm³/mol. The molecular weight excluding hydrogens is 295 g/mol. The summed E-state index contributed by atoms with van der Waals surface area (Å²) in [5.74, 6) is 0.0112. The molecule has 0 aromatic rings. The van der Waals surface area contributed by atoms with Crippen molar-refractivity contribution in [1.82, 2.24) is 0 Å². The molecule has 3 fully saturated rings. The van der Waals surface area contributed by atoms with Crippen molar-refractivity contribution < 1.29 is 19.1 Å². The van der Waals surface area contributed by atoms with Gasteiger partial charge in [0.1, 0.15) is 11.5 Å². The smallest absolute Gasteiger partial charge is 0.155 e. The third-order valence-electron chi connectivity index (χ3n) is 7.75. The van der Waals surface area contributed by atoms with Crippen LogP contribution >= 0.6 is 0 Å². The van der Waals surface area contributed by atoms with Gasteiger partial charge in [0, 0.05) is 29.6 Å². The van der Waals surface area contributed by atoms with Crippen molar-refractivity contribution in [2.24, 2.45) is 22.7 Å². The molecule has 4 aliphatic rings. The zero-order chi connectivity index (χ0) is 16.6. The van der Waals surface area contributed by atoms with Crippen molar-refractivity contribution in [3.63, 3.8) is 0 Å². The molecule has 4 rings (SSSR count). The van der Waals surface area contributed by atoms with Gasteiger partial charge in [-0.15, -0.1) is 0 Å². The number of carbonyl (C=O) groups is 2. The first-order valence-electron chi connectivity index (χ1n) is 8.87. The van der Waals surface area contributed by atoms with Crippen molar-refractivity contribution in [1.29, 1.82) is 0 Å². The monoisotopic (exact) mass is 320 g/mol. The van der Waals surface area contributed by atoms with Gasteiger partial charge in [-0.2, -0.15) is 0 Å². The van der Waals surface area contributed by atoms with E-state index in [0.29, 0.717) is 32.1 Å². The molecule has 4 heteroatoms. The standard InChI is InChI=1S/C19H25FO3/c1-17-10-16(23)19(20)14(13(17)5-6-15(17)22)4-3-11-9-12(21)7-8-18(11,19)2/h9,13-14,16,23H,3-8,10H2,1-2H3/t13-,14-,16+,17+,18+,19-/m1/s1. The second-order valence-corrected chi connectivity index (χ2v) is 8.59. The number of hydrogen-bond donors (Lipinski definition) is 1. The molecule has 3 saturated carbocycles. The number of Topliss-reactive ketones (excluding diaryl/α,β-unsaturated/α-hetero) is 1. The summed E-state index contributed by atoms with van der Waals surface area (Å²) in [5, 5.41) is 10.8. The normalized spacial score (nSPS) is 52.5. The molecule has 0 aliphatic heterocycles. The molecule has 3 nitrogen and oxygen atoms in total. The Morgan fingerprint density at radius 1 is 1.13 bits per heavy atom. The van der Waals surface area contributed by atoms with Gasteiger partial charge < -0.3 is 5.11 Å². The van der Waals surface area contributed by atoms with E-state index in [9.17, 15) is 14.7 Å². The summed E-state index contributed by atoms with van der Waals surface area (Å²) < 4.78 is 16.5. The molecule has 0 spiro atoms. The third-order valence-corrected chi connectivity index (χ3v) is 7.75. The Morgan fingerprint density at radius 2 is 1.83 bits per heavy atom. The highest BCUT2D eigenvalue weighted by molar-refractivity contribution is 5.92. The number of fused-ring (bicyclic) bond motifs is 5. The van der Waals surface area contributed by atoms with Crippen LogP contribution in [0.25, 0.3) is 0 Å². The van der Waals surface area contributed by atoms with E-state index in [0.717, 1.165) is 12.0 Å². The van der Waals surface area contributed by atoms with Gasteiger partial charge in [-0.25, -0.2) is 4.39 Å². The van der Waals surface area contributed by atoms with Gasteiger partial charge >= 0.3 is 0 Å². The van der Waals surface area contributed by atoms with Crippen LogP contribution in [0.1, 0.15) is 58.8 Å². The van der Waals surface area contributed by atoms with Crippen molar-refractivity contribution in [3.8, 4) is 0 Å². The molecular formula is C19H25FO3. The summed E-state index contributed by atoms with van der Waals surface area (Å²) in [6, 6.07) is 0. The molecule has 126 valence electrons. The molecule has 4 aliphatic carbocycles. The summed E-state index contributed by atoms with van der Waals surface area (Å²) in [6.45, 7) is 3.81. The van der Waals surface area contributed by atoms with Crippen LogP contribution in [0.2, 0.25) is 0 Å². The Hall–Kier alpha value is -1.03. The molecule has 0 aromatic carbocycles. The Bertz CT molecular complexity index is 626. The van der Waals surface area contributed by atoms with Crippen molar-refractivity contribution >= 4 is 11.6 Å². The van der Waals surface area contributed by atoms with Gasteiger partial charge in [-0.1, -0.05) is 19.4 Å². The molecule has 6 atom stereocenters. The maximum atomic E-state index is 16.5. The van der Waals surface area contributed by atoms with E-state index in [1.54, 1.807) is 6.08 Å². The lowest BCUT2D eigenvalue weighted by Gasteiger charge is -2.62. The molecule has 1 N–H and O–H groups in total. The second-order valence-electron chi connectivity index (χ2n) is 8.59. The number of aliphatic hydroxyl groups excluding tert-OH is 1. The lowest BCUT2D eigenvalue weighted by molar-refractivity contribution is -0.202. The number of halogens is 1. The Balaban J connectivity index is 1.83. The third kappa shape index (κ3) is 1.68. The summed E-state index contributed by atoms with van der Waals surface area (Å²) >= 11 is 0. The summed E-state index contributed by atoms with van der Waals surface area (Å²) in [5.41, 5.74) is -2.18. The number of rotatable bonds is 0. The van der Waals surface area contributed by atoms with Gasteiger partial charge in [0.05, 0.1) is 6.10 Å². The van der Waals surface area contributed by atoms with Crippen LogP contribution < -0.4 is 0 Å². The number of aliphatic hydroxyl groups is 1. The van der Waals surface area contributed by atoms with Crippen LogP contribution in [0.4, 0.5) is 4.39 Å². The second kappa shape index (κ2) is 4.53. The van der Waals surface area contributed by atoms with Gasteiger partial charge in [-0.3, -0.25) is 9.59 Å². The minimum absolute atomic E-state index is 0.0272. The summed E-state index contributed by atoms with van der Waals surface area (Å²) in [7, 11) is 0. The largest absolute Gasteiger partial charge is 0.390 e. The number of allylic oxidation sites excluding steroid dienone is 1.